The molecule has 0 saturated carbocycles. The van der Waals surface area contributed by atoms with Gasteiger partial charge in [-0.2, -0.15) is 0 Å². The van der Waals surface area contributed by atoms with Crippen molar-refractivity contribution in [2.24, 2.45) is 5.92 Å². The molecule has 0 heterocycles. The molecule has 1 unspecified atom stereocenters. The van der Waals surface area contributed by atoms with Crippen LogP contribution >= 0.6 is 0 Å². The first-order valence-corrected chi connectivity index (χ1v) is 6.45. The van der Waals surface area contributed by atoms with Crippen molar-refractivity contribution in [2.45, 2.75) is 48.0 Å². The first-order chi connectivity index (χ1) is 7.77. The van der Waals surface area contributed by atoms with Crippen LogP contribution in [-0.4, -0.2) is 0 Å². The van der Waals surface area contributed by atoms with Crippen molar-refractivity contribution >= 4 is 0 Å². The predicted octanol–water partition coefficient (Wildman–Crippen LogP) is 5.69. The van der Waals surface area contributed by atoms with Crippen LogP contribution in [0.4, 0.5) is 0 Å². The molecular formula is C16H28. The van der Waals surface area contributed by atoms with Crippen molar-refractivity contribution in [2.75, 3.05) is 0 Å². The van der Waals surface area contributed by atoms with Gasteiger partial charge in [-0.3, -0.25) is 0 Å². The van der Waals surface area contributed by atoms with Gasteiger partial charge in [-0.05, 0) is 30.4 Å². The molecule has 1 aliphatic rings. The third kappa shape index (κ3) is 6.44. The Morgan fingerprint density at radius 3 is 2.19 bits per heavy atom. The van der Waals surface area contributed by atoms with E-state index in [-0.39, 0.29) is 0 Å². The summed E-state index contributed by atoms with van der Waals surface area (Å²) in [5.74, 6) is 0.659. The summed E-state index contributed by atoms with van der Waals surface area (Å²) in [6, 6.07) is 0. The van der Waals surface area contributed by atoms with E-state index in [1.54, 1.807) is 0 Å². The molecule has 0 saturated heterocycles. The summed E-state index contributed by atoms with van der Waals surface area (Å²) in [5, 5.41) is 0. The summed E-state index contributed by atoms with van der Waals surface area (Å²) >= 11 is 0. The lowest BCUT2D eigenvalue weighted by Crippen LogP contribution is -1.98. The zero-order valence-corrected chi connectivity index (χ0v) is 11.9. The van der Waals surface area contributed by atoms with Gasteiger partial charge in [0.2, 0.25) is 0 Å². The van der Waals surface area contributed by atoms with E-state index in [0.29, 0.717) is 5.92 Å². The lowest BCUT2D eigenvalue weighted by molar-refractivity contribution is 0.728. The second kappa shape index (κ2) is 12.0. The van der Waals surface area contributed by atoms with Gasteiger partial charge in [0.25, 0.3) is 0 Å². The molecule has 0 aromatic carbocycles. The molecule has 0 spiro atoms. The number of hydrogen-bond donors (Lipinski definition) is 0. The molecule has 0 aromatic heterocycles. The number of rotatable bonds is 2. The summed E-state index contributed by atoms with van der Waals surface area (Å²) in [5.41, 5.74) is 2.58. The quantitative estimate of drug-likeness (QED) is 0.560. The fourth-order valence-electron chi connectivity index (χ4n) is 1.43. The zero-order chi connectivity index (χ0) is 13.0. The SMILES string of the molecule is C=CC1=CC(C)CC=C1/C=C\C.CC.CC. The Labute approximate surface area is 102 Å². The van der Waals surface area contributed by atoms with Gasteiger partial charge in [-0.1, -0.05) is 71.6 Å². The molecule has 1 rings (SSSR count). The number of allylic oxidation sites excluding steroid dienone is 7. The summed E-state index contributed by atoms with van der Waals surface area (Å²) in [6.45, 7) is 16.1. The van der Waals surface area contributed by atoms with Crippen molar-refractivity contribution in [3.8, 4) is 0 Å². The summed E-state index contributed by atoms with van der Waals surface area (Å²) in [7, 11) is 0. The third-order valence-corrected chi connectivity index (χ3v) is 2.07. The molecule has 0 nitrogen and oxygen atoms in total. The van der Waals surface area contributed by atoms with Gasteiger partial charge in [-0.15, -0.1) is 0 Å². The molecule has 0 heteroatoms. The first kappa shape index (κ1) is 17.4. The molecule has 0 aliphatic heterocycles. The zero-order valence-electron chi connectivity index (χ0n) is 11.9. The Balaban J connectivity index is 0. The Morgan fingerprint density at radius 2 is 1.75 bits per heavy atom. The van der Waals surface area contributed by atoms with Crippen molar-refractivity contribution in [1.82, 2.24) is 0 Å². The molecule has 0 N–H and O–H groups in total. The Bertz CT molecular complexity index is 251. The van der Waals surface area contributed by atoms with Crippen LogP contribution in [0.15, 0.2) is 48.1 Å². The van der Waals surface area contributed by atoms with Gasteiger partial charge < -0.3 is 0 Å². The van der Waals surface area contributed by atoms with Gasteiger partial charge in [0.05, 0.1) is 0 Å². The molecule has 16 heavy (non-hydrogen) atoms. The van der Waals surface area contributed by atoms with E-state index in [9.17, 15) is 0 Å². The molecule has 1 aliphatic carbocycles. The van der Waals surface area contributed by atoms with Crippen molar-refractivity contribution in [3.63, 3.8) is 0 Å². The van der Waals surface area contributed by atoms with Gasteiger partial charge in [0.15, 0.2) is 0 Å². The third-order valence-electron chi connectivity index (χ3n) is 2.07. The van der Waals surface area contributed by atoms with Crippen molar-refractivity contribution in [3.05, 3.63) is 48.1 Å². The predicted molar refractivity (Wildman–Crippen MR) is 77.7 cm³/mol. The minimum absolute atomic E-state index is 0.659. The molecule has 1 atom stereocenters. The minimum atomic E-state index is 0.659. The maximum absolute atomic E-state index is 3.81. The highest BCUT2D eigenvalue weighted by molar-refractivity contribution is 5.47. The second-order valence-electron chi connectivity index (χ2n) is 3.20. The maximum Gasteiger partial charge on any atom is -0.0218 e. The van der Waals surface area contributed by atoms with Crippen LogP contribution in [0.1, 0.15) is 48.0 Å². The molecule has 0 amide bonds. The van der Waals surface area contributed by atoms with E-state index in [4.69, 9.17) is 0 Å². The molecule has 0 aromatic rings. The minimum Gasteiger partial charge on any atom is -0.0985 e. The van der Waals surface area contributed by atoms with Gasteiger partial charge in [0.1, 0.15) is 0 Å². The fourth-order valence-corrected chi connectivity index (χ4v) is 1.43. The van der Waals surface area contributed by atoms with Crippen LogP contribution in [0.25, 0.3) is 0 Å². The van der Waals surface area contributed by atoms with E-state index in [1.165, 1.54) is 11.1 Å². The van der Waals surface area contributed by atoms with Crippen LogP contribution in [-0.2, 0) is 0 Å². The number of hydrogen-bond acceptors (Lipinski definition) is 0. The molecule has 0 bridgehead atoms. The van der Waals surface area contributed by atoms with Gasteiger partial charge in [-0.25, -0.2) is 0 Å². The van der Waals surface area contributed by atoms with E-state index in [0.717, 1.165) is 6.42 Å². The van der Waals surface area contributed by atoms with Gasteiger partial charge >= 0.3 is 0 Å². The average Bonchev–Trinajstić information content (AvgIpc) is 2.36. The summed E-state index contributed by atoms with van der Waals surface area (Å²) in [6.07, 6.45) is 11.8. The van der Waals surface area contributed by atoms with E-state index in [2.05, 4.69) is 37.8 Å². The van der Waals surface area contributed by atoms with E-state index in [1.807, 2.05) is 40.7 Å². The lowest BCUT2D eigenvalue weighted by Gasteiger charge is -2.14. The normalized spacial score (nSPS) is 18.5. The van der Waals surface area contributed by atoms with Crippen LogP contribution in [0, 0.1) is 5.92 Å². The van der Waals surface area contributed by atoms with Crippen LogP contribution < -0.4 is 0 Å². The Hall–Kier alpha value is -1.04. The largest absolute Gasteiger partial charge is 0.0985 e. The monoisotopic (exact) mass is 220 g/mol. The average molecular weight is 220 g/mol. The smallest absolute Gasteiger partial charge is 0.0218 e. The van der Waals surface area contributed by atoms with Crippen LogP contribution in [0.5, 0.6) is 0 Å². The second-order valence-corrected chi connectivity index (χ2v) is 3.20. The van der Waals surface area contributed by atoms with Crippen LogP contribution in [0.3, 0.4) is 0 Å². The molecule has 0 fully saturated rings. The highest BCUT2D eigenvalue weighted by Gasteiger charge is 2.07. The maximum atomic E-state index is 3.81. The Morgan fingerprint density at radius 1 is 1.19 bits per heavy atom. The molecule has 92 valence electrons. The molecular weight excluding hydrogens is 192 g/mol. The highest BCUT2D eigenvalue weighted by atomic mass is 14.1. The summed E-state index contributed by atoms with van der Waals surface area (Å²) in [4.78, 5) is 0. The molecule has 0 radical (unpaired) electrons. The first-order valence-electron chi connectivity index (χ1n) is 6.45. The van der Waals surface area contributed by atoms with E-state index < -0.39 is 0 Å². The topological polar surface area (TPSA) is 0 Å². The summed E-state index contributed by atoms with van der Waals surface area (Å²) < 4.78 is 0. The van der Waals surface area contributed by atoms with Crippen molar-refractivity contribution in [1.29, 1.82) is 0 Å². The van der Waals surface area contributed by atoms with E-state index >= 15 is 0 Å². The highest BCUT2D eigenvalue weighted by Crippen LogP contribution is 2.23. The standard InChI is InChI=1S/C12H16.2C2H6/c1-4-6-12-8-7-10(3)9-11(12)5-2;2*1-2/h4-6,8-10H,2,7H2,1,3H3;2*1-2H3/b6-4-;;. The van der Waals surface area contributed by atoms with Gasteiger partial charge in [0, 0.05) is 0 Å². The lowest BCUT2D eigenvalue weighted by atomic mass is 9.91. The Kier molecular flexibility index (Phi) is 13.1. The van der Waals surface area contributed by atoms with Crippen LogP contribution in [0.2, 0.25) is 0 Å². The van der Waals surface area contributed by atoms with Crippen molar-refractivity contribution < 1.29 is 0 Å². The fraction of sp³-hybridized carbons (Fsp3) is 0.500.